The zero-order valence-electron chi connectivity index (χ0n) is 11.4. The third-order valence-electron chi connectivity index (χ3n) is 4.68. The van der Waals surface area contributed by atoms with Crippen molar-refractivity contribution >= 4 is 0 Å². The van der Waals surface area contributed by atoms with Gasteiger partial charge in [-0.15, -0.1) is 0 Å². The zero-order valence-corrected chi connectivity index (χ0v) is 11.4. The van der Waals surface area contributed by atoms with E-state index in [1.807, 2.05) is 0 Å². The molecule has 1 aromatic carbocycles. The molecule has 2 aliphatic rings. The van der Waals surface area contributed by atoms with E-state index in [1.165, 1.54) is 24.9 Å². The van der Waals surface area contributed by atoms with Crippen molar-refractivity contribution in [1.29, 1.82) is 0 Å². The highest BCUT2D eigenvalue weighted by Crippen LogP contribution is 2.55. The molecule has 1 aromatic rings. The second-order valence-electron chi connectivity index (χ2n) is 6.05. The van der Waals surface area contributed by atoms with Crippen LogP contribution < -0.4 is 0 Å². The van der Waals surface area contributed by atoms with Gasteiger partial charge in [0.1, 0.15) is 0 Å². The Labute approximate surface area is 110 Å². The van der Waals surface area contributed by atoms with Crippen LogP contribution in [0.4, 0.5) is 0 Å². The van der Waals surface area contributed by atoms with Gasteiger partial charge in [0, 0.05) is 37.3 Å². The summed E-state index contributed by atoms with van der Waals surface area (Å²) in [5.41, 5.74) is 1.96. The minimum absolute atomic E-state index is 0.476. The fourth-order valence-corrected chi connectivity index (χ4v) is 3.65. The van der Waals surface area contributed by atoms with E-state index in [2.05, 4.69) is 49.1 Å². The lowest BCUT2D eigenvalue weighted by atomic mass is 9.63. The molecule has 2 nitrogen and oxygen atoms in total. The predicted molar refractivity (Wildman–Crippen MR) is 73.5 cm³/mol. The van der Waals surface area contributed by atoms with E-state index in [1.54, 1.807) is 0 Å². The van der Waals surface area contributed by atoms with Crippen molar-refractivity contribution in [3.05, 3.63) is 35.9 Å². The quantitative estimate of drug-likeness (QED) is 0.793. The van der Waals surface area contributed by atoms with Crippen LogP contribution in [0.15, 0.2) is 30.3 Å². The molecule has 2 heteroatoms. The lowest BCUT2D eigenvalue weighted by molar-refractivity contribution is -0.147. The lowest BCUT2D eigenvalue weighted by Crippen LogP contribution is -2.62. The molecular weight excluding hydrogens is 222 g/mol. The maximum absolute atomic E-state index is 5.56. The first-order valence-corrected chi connectivity index (χ1v) is 7.11. The molecule has 2 aliphatic heterocycles. The van der Waals surface area contributed by atoms with Gasteiger partial charge in [-0.25, -0.2) is 0 Å². The molecule has 2 heterocycles. The fraction of sp³-hybridized carbons (Fsp3) is 0.625. The van der Waals surface area contributed by atoms with Crippen LogP contribution in [-0.4, -0.2) is 30.7 Å². The number of rotatable bonds is 2. The van der Waals surface area contributed by atoms with E-state index in [0.717, 1.165) is 13.2 Å². The maximum atomic E-state index is 5.56. The maximum Gasteiger partial charge on any atom is 0.0472 e. The highest BCUT2D eigenvalue weighted by molar-refractivity contribution is 5.26. The molecular formula is C16H23NO. The molecule has 3 rings (SSSR count). The van der Waals surface area contributed by atoms with Crippen LogP contribution in [0, 0.1) is 5.41 Å². The SMILES string of the molecule is CC(C)N1CC2(CCOCC2)C1c1ccccc1. The van der Waals surface area contributed by atoms with Gasteiger partial charge in [0.25, 0.3) is 0 Å². The summed E-state index contributed by atoms with van der Waals surface area (Å²) < 4.78 is 5.56. The Morgan fingerprint density at radius 1 is 1.17 bits per heavy atom. The van der Waals surface area contributed by atoms with Gasteiger partial charge >= 0.3 is 0 Å². The van der Waals surface area contributed by atoms with E-state index in [4.69, 9.17) is 4.74 Å². The Balaban J connectivity index is 1.89. The number of benzene rings is 1. The van der Waals surface area contributed by atoms with Gasteiger partial charge in [-0.3, -0.25) is 4.90 Å². The van der Waals surface area contributed by atoms with Crippen molar-refractivity contribution < 1.29 is 4.74 Å². The molecule has 0 saturated carbocycles. The first-order valence-electron chi connectivity index (χ1n) is 7.11. The summed E-state index contributed by atoms with van der Waals surface area (Å²) in [5.74, 6) is 0. The molecule has 0 aromatic heterocycles. The molecule has 0 bridgehead atoms. The highest BCUT2D eigenvalue weighted by atomic mass is 16.5. The third kappa shape index (κ3) is 1.88. The zero-order chi connectivity index (χ0) is 12.6. The Kier molecular flexibility index (Phi) is 3.16. The number of hydrogen-bond acceptors (Lipinski definition) is 2. The van der Waals surface area contributed by atoms with Crippen molar-refractivity contribution in [2.45, 2.75) is 38.8 Å². The summed E-state index contributed by atoms with van der Waals surface area (Å²) in [6.45, 7) is 7.74. The Bertz CT molecular complexity index is 395. The van der Waals surface area contributed by atoms with Gasteiger partial charge in [0.05, 0.1) is 0 Å². The van der Waals surface area contributed by atoms with E-state index in [-0.39, 0.29) is 0 Å². The van der Waals surface area contributed by atoms with Crippen LogP contribution in [-0.2, 0) is 4.74 Å². The average Bonchev–Trinajstić information content (AvgIpc) is 2.38. The molecule has 98 valence electrons. The van der Waals surface area contributed by atoms with Crippen LogP contribution in [0.25, 0.3) is 0 Å². The normalized spacial score (nSPS) is 27.4. The van der Waals surface area contributed by atoms with Crippen molar-refractivity contribution in [1.82, 2.24) is 4.90 Å². The van der Waals surface area contributed by atoms with Gasteiger partial charge < -0.3 is 4.74 Å². The molecule has 0 aliphatic carbocycles. The second-order valence-corrected chi connectivity index (χ2v) is 6.05. The largest absolute Gasteiger partial charge is 0.381 e. The van der Waals surface area contributed by atoms with Gasteiger partial charge in [-0.1, -0.05) is 30.3 Å². The Hall–Kier alpha value is -0.860. The molecule has 0 N–H and O–H groups in total. The van der Waals surface area contributed by atoms with Gasteiger partial charge in [0.2, 0.25) is 0 Å². The van der Waals surface area contributed by atoms with Gasteiger partial charge in [-0.05, 0) is 32.3 Å². The summed E-state index contributed by atoms with van der Waals surface area (Å²) in [6.07, 6.45) is 2.44. The highest BCUT2D eigenvalue weighted by Gasteiger charge is 2.53. The fourth-order valence-electron chi connectivity index (χ4n) is 3.65. The smallest absolute Gasteiger partial charge is 0.0472 e. The number of ether oxygens (including phenoxy) is 1. The standard InChI is InChI=1S/C16H23NO/c1-13(2)17-12-16(8-10-18-11-9-16)15(17)14-6-4-3-5-7-14/h3-7,13,15H,8-12H2,1-2H3. The second kappa shape index (κ2) is 4.67. The predicted octanol–water partition coefficient (Wildman–Crippen LogP) is 3.25. The molecule has 18 heavy (non-hydrogen) atoms. The van der Waals surface area contributed by atoms with Crippen molar-refractivity contribution in [2.24, 2.45) is 5.41 Å². The number of likely N-dealkylation sites (tertiary alicyclic amines) is 1. The van der Waals surface area contributed by atoms with Gasteiger partial charge in [-0.2, -0.15) is 0 Å². The minimum atomic E-state index is 0.476. The van der Waals surface area contributed by atoms with Crippen LogP contribution >= 0.6 is 0 Å². The van der Waals surface area contributed by atoms with Gasteiger partial charge in [0.15, 0.2) is 0 Å². The van der Waals surface area contributed by atoms with E-state index in [9.17, 15) is 0 Å². The van der Waals surface area contributed by atoms with Crippen molar-refractivity contribution in [3.8, 4) is 0 Å². The minimum Gasteiger partial charge on any atom is -0.381 e. The molecule has 0 radical (unpaired) electrons. The third-order valence-corrected chi connectivity index (χ3v) is 4.68. The summed E-state index contributed by atoms with van der Waals surface area (Å²) >= 11 is 0. The molecule has 1 unspecified atom stereocenters. The van der Waals surface area contributed by atoms with E-state index < -0.39 is 0 Å². The summed E-state index contributed by atoms with van der Waals surface area (Å²) in [7, 11) is 0. The molecule has 2 saturated heterocycles. The van der Waals surface area contributed by atoms with Crippen LogP contribution in [0.1, 0.15) is 38.3 Å². The van der Waals surface area contributed by atoms with Crippen LogP contribution in [0.5, 0.6) is 0 Å². The Morgan fingerprint density at radius 2 is 1.83 bits per heavy atom. The van der Waals surface area contributed by atoms with E-state index >= 15 is 0 Å². The first-order chi connectivity index (χ1) is 8.73. The molecule has 0 amide bonds. The van der Waals surface area contributed by atoms with Crippen molar-refractivity contribution in [3.63, 3.8) is 0 Å². The number of nitrogens with zero attached hydrogens (tertiary/aromatic N) is 1. The van der Waals surface area contributed by atoms with Crippen LogP contribution in [0.2, 0.25) is 0 Å². The summed E-state index contributed by atoms with van der Waals surface area (Å²) in [5, 5.41) is 0. The van der Waals surface area contributed by atoms with Crippen LogP contribution in [0.3, 0.4) is 0 Å². The lowest BCUT2D eigenvalue weighted by Gasteiger charge is -2.61. The molecule has 1 spiro atoms. The molecule has 2 fully saturated rings. The topological polar surface area (TPSA) is 12.5 Å². The summed E-state index contributed by atoms with van der Waals surface area (Å²) in [6, 6.07) is 12.2. The first kappa shape index (κ1) is 12.2. The molecule has 1 atom stereocenters. The monoisotopic (exact) mass is 245 g/mol. The summed E-state index contributed by atoms with van der Waals surface area (Å²) in [4.78, 5) is 2.64. The number of hydrogen-bond donors (Lipinski definition) is 0. The van der Waals surface area contributed by atoms with Crippen molar-refractivity contribution in [2.75, 3.05) is 19.8 Å². The van der Waals surface area contributed by atoms with E-state index in [0.29, 0.717) is 17.5 Å². The Morgan fingerprint density at radius 3 is 2.44 bits per heavy atom. The average molecular weight is 245 g/mol.